The topological polar surface area (TPSA) is 41.3 Å². The average Bonchev–Trinajstić information content (AvgIpc) is 2.86. The molecule has 2 atom stereocenters. The number of hydrogen-bond acceptors (Lipinski definition) is 4. The van der Waals surface area contributed by atoms with E-state index in [-0.39, 0.29) is 0 Å². The van der Waals surface area contributed by atoms with Crippen molar-refractivity contribution in [3.63, 3.8) is 0 Å². The zero-order valence-electron chi connectivity index (χ0n) is 12.6. The minimum atomic E-state index is 0.368. The number of hydrogen-bond donors (Lipinski definition) is 1. The van der Waals surface area contributed by atoms with Gasteiger partial charge in [0, 0.05) is 18.5 Å². The summed E-state index contributed by atoms with van der Waals surface area (Å²) < 4.78 is 5.75. The predicted octanol–water partition coefficient (Wildman–Crippen LogP) is 2.76. The second-order valence-corrected chi connectivity index (χ2v) is 5.91. The van der Waals surface area contributed by atoms with Crippen LogP contribution in [0.3, 0.4) is 0 Å². The standard InChI is InChI=1S/C15H27N3O/c1-11(2)18-8-6-5-7-14(18)15-17-13(10-19-15)9-12(3)16-4/h10-12,14,16H,5-9H2,1-4H3. The van der Waals surface area contributed by atoms with Gasteiger partial charge in [0.2, 0.25) is 5.89 Å². The van der Waals surface area contributed by atoms with Crippen molar-refractivity contribution in [2.24, 2.45) is 0 Å². The van der Waals surface area contributed by atoms with Gasteiger partial charge in [0.15, 0.2) is 0 Å². The van der Waals surface area contributed by atoms with Gasteiger partial charge < -0.3 is 9.73 Å². The van der Waals surface area contributed by atoms with Crippen molar-refractivity contribution in [1.82, 2.24) is 15.2 Å². The van der Waals surface area contributed by atoms with Gasteiger partial charge in [-0.1, -0.05) is 6.42 Å². The van der Waals surface area contributed by atoms with E-state index >= 15 is 0 Å². The van der Waals surface area contributed by atoms with Crippen LogP contribution in [0, 0.1) is 0 Å². The summed E-state index contributed by atoms with van der Waals surface area (Å²) in [5.41, 5.74) is 1.06. The molecule has 1 fully saturated rings. The molecule has 2 heterocycles. The van der Waals surface area contributed by atoms with E-state index in [1.807, 2.05) is 13.3 Å². The van der Waals surface area contributed by atoms with Gasteiger partial charge in [-0.05, 0) is 47.2 Å². The number of nitrogens with zero attached hydrogens (tertiary/aromatic N) is 2. The Bertz CT molecular complexity index is 388. The second-order valence-electron chi connectivity index (χ2n) is 5.91. The van der Waals surface area contributed by atoms with Gasteiger partial charge in [0.25, 0.3) is 0 Å². The summed E-state index contributed by atoms with van der Waals surface area (Å²) in [5, 5.41) is 3.24. The van der Waals surface area contributed by atoms with E-state index < -0.39 is 0 Å². The number of aromatic nitrogens is 1. The molecule has 4 nitrogen and oxygen atoms in total. The molecule has 0 saturated carbocycles. The van der Waals surface area contributed by atoms with Gasteiger partial charge in [-0.2, -0.15) is 0 Å². The van der Waals surface area contributed by atoms with Crippen molar-refractivity contribution < 1.29 is 4.42 Å². The zero-order valence-corrected chi connectivity index (χ0v) is 12.6. The molecule has 0 aliphatic carbocycles. The fraction of sp³-hybridized carbons (Fsp3) is 0.800. The summed E-state index contributed by atoms with van der Waals surface area (Å²) in [6.07, 6.45) is 6.49. The van der Waals surface area contributed by atoms with Gasteiger partial charge in [-0.25, -0.2) is 4.98 Å². The van der Waals surface area contributed by atoms with E-state index in [9.17, 15) is 0 Å². The third-order valence-corrected chi connectivity index (χ3v) is 4.07. The highest BCUT2D eigenvalue weighted by Gasteiger charge is 2.29. The number of oxazole rings is 1. The molecule has 19 heavy (non-hydrogen) atoms. The maximum atomic E-state index is 5.75. The first-order chi connectivity index (χ1) is 9.11. The van der Waals surface area contributed by atoms with Gasteiger partial charge >= 0.3 is 0 Å². The Balaban J connectivity index is 2.07. The fourth-order valence-electron chi connectivity index (χ4n) is 2.82. The quantitative estimate of drug-likeness (QED) is 0.889. The van der Waals surface area contributed by atoms with Crippen molar-refractivity contribution in [1.29, 1.82) is 0 Å². The molecule has 108 valence electrons. The van der Waals surface area contributed by atoms with Crippen molar-refractivity contribution in [3.8, 4) is 0 Å². The second kappa shape index (κ2) is 6.53. The van der Waals surface area contributed by atoms with Crippen LogP contribution in [0.2, 0.25) is 0 Å². The molecule has 1 saturated heterocycles. The average molecular weight is 265 g/mol. The first-order valence-corrected chi connectivity index (χ1v) is 7.49. The van der Waals surface area contributed by atoms with Crippen LogP contribution in [0.1, 0.15) is 57.7 Å². The highest BCUT2D eigenvalue weighted by Crippen LogP contribution is 2.31. The lowest BCUT2D eigenvalue weighted by molar-refractivity contribution is 0.0924. The van der Waals surface area contributed by atoms with Crippen LogP contribution in [0.4, 0.5) is 0 Å². The Morgan fingerprint density at radius 1 is 1.42 bits per heavy atom. The molecule has 1 aliphatic rings. The summed E-state index contributed by atoms with van der Waals surface area (Å²) >= 11 is 0. The molecule has 0 spiro atoms. The number of rotatable bonds is 5. The molecular weight excluding hydrogens is 238 g/mol. The number of likely N-dealkylation sites (tertiary alicyclic amines) is 1. The van der Waals surface area contributed by atoms with Crippen molar-refractivity contribution >= 4 is 0 Å². The maximum Gasteiger partial charge on any atom is 0.211 e. The summed E-state index contributed by atoms with van der Waals surface area (Å²) in [6.45, 7) is 7.83. The lowest BCUT2D eigenvalue weighted by atomic mass is 10.0. The molecule has 0 aromatic carbocycles. The van der Waals surface area contributed by atoms with Crippen molar-refractivity contribution in [3.05, 3.63) is 17.8 Å². The van der Waals surface area contributed by atoms with E-state index in [4.69, 9.17) is 9.40 Å². The van der Waals surface area contributed by atoms with Crippen LogP contribution in [-0.4, -0.2) is 35.6 Å². The number of piperidine rings is 1. The Morgan fingerprint density at radius 2 is 2.21 bits per heavy atom. The van der Waals surface area contributed by atoms with Gasteiger partial charge in [-0.3, -0.25) is 4.90 Å². The molecule has 2 unspecified atom stereocenters. The van der Waals surface area contributed by atoms with Crippen molar-refractivity contribution in [2.75, 3.05) is 13.6 Å². The molecule has 1 aromatic rings. The van der Waals surface area contributed by atoms with Crippen molar-refractivity contribution in [2.45, 2.75) is 64.6 Å². The van der Waals surface area contributed by atoms with Gasteiger partial charge in [-0.15, -0.1) is 0 Å². The summed E-state index contributed by atoms with van der Waals surface area (Å²) in [5.74, 6) is 0.909. The Kier molecular flexibility index (Phi) is 4.99. The number of likely N-dealkylation sites (N-methyl/N-ethyl adjacent to an activating group) is 1. The van der Waals surface area contributed by atoms with E-state index in [1.54, 1.807) is 0 Å². The molecule has 1 aromatic heterocycles. The lowest BCUT2D eigenvalue weighted by Crippen LogP contribution is -2.38. The molecular formula is C15H27N3O. The van der Waals surface area contributed by atoms with Crippen LogP contribution in [0.5, 0.6) is 0 Å². The van der Waals surface area contributed by atoms with E-state index in [2.05, 4.69) is 31.0 Å². The largest absolute Gasteiger partial charge is 0.447 e. The van der Waals surface area contributed by atoms with E-state index in [1.165, 1.54) is 19.3 Å². The Labute approximate surface area is 116 Å². The van der Waals surface area contributed by atoms with Crippen LogP contribution in [0.15, 0.2) is 10.7 Å². The molecule has 4 heteroatoms. The monoisotopic (exact) mass is 265 g/mol. The van der Waals surface area contributed by atoms with E-state index in [0.717, 1.165) is 24.6 Å². The highest BCUT2D eigenvalue weighted by molar-refractivity contribution is 5.03. The summed E-state index contributed by atoms with van der Waals surface area (Å²) in [4.78, 5) is 7.22. The zero-order chi connectivity index (χ0) is 13.8. The number of nitrogens with one attached hydrogen (secondary N) is 1. The molecule has 0 radical (unpaired) electrons. The Morgan fingerprint density at radius 3 is 2.89 bits per heavy atom. The van der Waals surface area contributed by atoms with Crippen LogP contribution >= 0.6 is 0 Å². The van der Waals surface area contributed by atoms with Crippen LogP contribution < -0.4 is 5.32 Å². The normalized spacial score (nSPS) is 22.9. The summed E-state index contributed by atoms with van der Waals surface area (Å²) in [6, 6.07) is 1.36. The smallest absolute Gasteiger partial charge is 0.211 e. The predicted molar refractivity (Wildman–Crippen MR) is 77.2 cm³/mol. The fourth-order valence-corrected chi connectivity index (χ4v) is 2.82. The maximum absolute atomic E-state index is 5.75. The molecule has 0 bridgehead atoms. The third-order valence-electron chi connectivity index (χ3n) is 4.07. The van der Waals surface area contributed by atoms with Crippen LogP contribution in [0.25, 0.3) is 0 Å². The minimum Gasteiger partial charge on any atom is -0.447 e. The molecule has 1 N–H and O–H groups in total. The van der Waals surface area contributed by atoms with Crippen LogP contribution in [-0.2, 0) is 6.42 Å². The first-order valence-electron chi connectivity index (χ1n) is 7.49. The molecule has 1 aliphatic heterocycles. The summed E-state index contributed by atoms with van der Waals surface area (Å²) in [7, 11) is 1.98. The first kappa shape index (κ1) is 14.5. The third kappa shape index (κ3) is 3.57. The molecule has 0 amide bonds. The van der Waals surface area contributed by atoms with Gasteiger partial charge in [0.1, 0.15) is 6.26 Å². The van der Waals surface area contributed by atoms with E-state index in [0.29, 0.717) is 18.1 Å². The minimum absolute atomic E-state index is 0.368. The SMILES string of the molecule is CNC(C)Cc1coc(C2CCCCN2C(C)C)n1. The highest BCUT2D eigenvalue weighted by atomic mass is 16.3. The lowest BCUT2D eigenvalue weighted by Gasteiger charge is -2.36. The van der Waals surface area contributed by atoms with Gasteiger partial charge in [0.05, 0.1) is 11.7 Å². The molecule has 2 rings (SSSR count). The Hall–Kier alpha value is -0.870.